The number of hydrogen-bond donors (Lipinski definition) is 4. The lowest BCUT2D eigenvalue weighted by Gasteiger charge is -2.11. The summed E-state index contributed by atoms with van der Waals surface area (Å²) in [6, 6.07) is 11.0. The molecule has 3 aromatic carbocycles. The molecule has 0 radical (unpaired) electrons. The number of aliphatic hydroxyl groups is 2. The monoisotopic (exact) mass is 544 g/mol. The number of Topliss-reactive ketones (excluding diaryl/α,β-unsaturated/α-hetero) is 1. The van der Waals surface area contributed by atoms with Crippen LogP contribution >= 0.6 is 0 Å². The number of H-pyrrole nitrogens is 1. The van der Waals surface area contributed by atoms with Gasteiger partial charge in [-0.05, 0) is 49.4 Å². The second-order valence-electron chi connectivity index (χ2n) is 8.13. The standard InChI is InChI=1S/C25H19F3N4O5S/c1-12(33)24(29)32-38(36,37)20-10-13(6-7-17(20)28)22(34)21(23(35)14-8-15(26)11-16(27)9-14)25-30-18-4-2-3-5-19(18)31-25/h2-12,33,35H,1H3,(H2,29,32)(H,30,31)/b23-21+. The number of aromatic amines is 1. The number of imidazole rings is 1. The number of hydrogen-bond acceptors (Lipinski definition) is 6. The Bertz CT molecular complexity index is 1690. The Morgan fingerprint density at radius 2 is 1.68 bits per heavy atom. The molecule has 1 atom stereocenters. The summed E-state index contributed by atoms with van der Waals surface area (Å²) < 4.78 is 70.8. The third kappa shape index (κ3) is 5.28. The van der Waals surface area contributed by atoms with Gasteiger partial charge in [0.25, 0.3) is 10.0 Å². The van der Waals surface area contributed by atoms with E-state index >= 15 is 0 Å². The first-order valence-corrected chi connectivity index (χ1v) is 12.3. The van der Waals surface area contributed by atoms with E-state index in [1.165, 1.54) is 0 Å². The number of allylic oxidation sites excluding steroid dienone is 1. The van der Waals surface area contributed by atoms with Crippen molar-refractivity contribution in [1.29, 1.82) is 0 Å². The highest BCUT2D eigenvalue weighted by Gasteiger charge is 2.27. The van der Waals surface area contributed by atoms with Crippen molar-refractivity contribution in [1.82, 2.24) is 9.97 Å². The molecule has 0 aliphatic heterocycles. The van der Waals surface area contributed by atoms with Gasteiger partial charge in [-0.25, -0.2) is 18.2 Å². The predicted molar refractivity (Wildman–Crippen MR) is 133 cm³/mol. The molecular formula is C25H19F3N4O5S. The Hall–Kier alpha value is -4.49. The molecule has 9 nitrogen and oxygen atoms in total. The highest BCUT2D eigenvalue weighted by atomic mass is 32.2. The van der Waals surface area contributed by atoms with Gasteiger partial charge >= 0.3 is 0 Å². The number of amidine groups is 1. The summed E-state index contributed by atoms with van der Waals surface area (Å²) in [7, 11) is -4.81. The summed E-state index contributed by atoms with van der Waals surface area (Å²) >= 11 is 0. The van der Waals surface area contributed by atoms with E-state index in [2.05, 4.69) is 14.4 Å². The molecule has 1 unspecified atom stereocenters. The molecule has 1 aromatic heterocycles. The quantitative estimate of drug-likeness (QED) is 0.0907. The zero-order chi connectivity index (χ0) is 27.8. The first-order chi connectivity index (χ1) is 17.9. The van der Waals surface area contributed by atoms with E-state index in [-0.39, 0.29) is 5.82 Å². The van der Waals surface area contributed by atoms with Crippen molar-refractivity contribution in [3.63, 3.8) is 0 Å². The molecule has 196 valence electrons. The van der Waals surface area contributed by atoms with E-state index in [1.54, 1.807) is 24.3 Å². The van der Waals surface area contributed by atoms with Gasteiger partial charge in [0.1, 0.15) is 51.4 Å². The highest BCUT2D eigenvalue weighted by molar-refractivity contribution is 7.90. The number of carbonyl (C=O) groups excluding carboxylic acids is 1. The summed E-state index contributed by atoms with van der Waals surface area (Å²) in [4.78, 5) is 19.7. The maximum Gasteiger partial charge on any atom is 0.286 e. The second-order valence-corrected chi connectivity index (χ2v) is 9.70. The molecule has 0 aliphatic rings. The lowest BCUT2D eigenvalue weighted by Crippen LogP contribution is -2.27. The second kappa shape index (κ2) is 10.1. The van der Waals surface area contributed by atoms with Gasteiger partial charge in [0.2, 0.25) is 5.78 Å². The van der Waals surface area contributed by atoms with Crippen molar-refractivity contribution in [2.75, 3.05) is 0 Å². The van der Waals surface area contributed by atoms with E-state index in [4.69, 9.17) is 5.73 Å². The average molecular weight is 545 g/mol. The van der Waals surface area contributed by atoms with Crippen molar-refractivity contribution in [2.24, 2.45) is 10.1 Å². The number of fused-ring (bicyclic) bond motifs is 1. The van der Waals surface area contributed by atoms with Crippen LogP contribution in [0.4, 0.5) is 13.2 Å². The van der Waals surface area contributed by atoms with Crippen LogP contribution < -0.4 is 5.73 Å². The summed E-state index contributed by atoms with van der Waals surface area (Å²) in [5, 5.41) is 20.5. The molecule has 5 N–H and O–H groups in total. The van der Waals surface area contributed by atoms with Crippen molar-refractivity contribution in [2.45, 2.75) is 17.9 Å². The SMILES string of the molecule is CC(O)/C(N)=N/S(=O)(=O)c1cc(C(=O)/C(=C(\O)c2cc(F)cc(F)c2)c2nc3ccccc3[nH]2)ccc1F. The lowest BCUT2D eigenvalue weighted by atomic mass is 9.98. The number of aliphatic hydroxyl groups excluding tert-OH is 2. The van der Waals surface area contributed by atoms with Gasteiger partial charge in [-0.1, -0.05) is 12.1 Å². The van der Waals surface area contributed by atoms with E-state index in [0.29, 0.717) is 29.2 Å². The van der Waals surface area contributed by atoms with Gasteiger partial charge in [0.05, 0.1) is 11.0 Å². The van der Waals surface area contributed by atoms with E-state index in [1.807, 2.05) is 0 Å². The van der Waals surface area contributed by atoms with Crippen LogP contribution in [0.25, 0.3) is 22.4 Å². The minimum Gasteiger partial charge on any atom is -0.506 e. The fourth-order valence-corrected chi connectivity index (χ4v) is 4.60. The van der Waals surface area contributed by atoms with Crippen LogP contribution in [0.3, 0.4) is 0 Å². The summed E-state index contributed by atoms with van der Waals surface area (Å²) in [5.41, 5.74) is 4.82. The van der Waals surface area contributed by atoms with E-state index in [0.717, 1.165) is 25.1 Å². The van der Waals surface area contributed by atoms with Gasteiger partial charge in [-0.3, -0.25) is 4.79 Å². The van der Waals surface area contributed by atoms with Crippen LogP contribution in [0.5, 0.6) is 0 Å². The zero-order valence-corrected chi connectivity index (χ0v) is 20.3. The summed E-state index contributed by atoms with van der Waals surface area (Å²) in [5.74, 6) is -6.20. The minimum absolute atomic E-state index is 0.205. The molecule has 13 heteroatoms. The van der Waals surface area contributed by atoms with Gasteiger partial charge < -0.3 is 20.9 Å². The largest absolute Gasteiger partial charge is 0.506 e. The molecule has 38 heavy (non-hydrogen) atoms. The van der Waals surface area contributed by atoms with Crippen molar-refractivity contribution in [3.8, 4) is 0 Å². The van der Waals surface area contributed by atoms with E-state index in [9.17, 15) is 36.6 Å². The normalized spacial score (nSPS) is 13.9. The smallest absolute Gasteiger partial charge is 0.286 e. The Morgan fingerprint density at radius 3 is 2.32 bits per heavy atom. The number of carbonyl (C=O) groups is 1. The lowest BCUT2D eigenvalue weighted by molar-refractivity contribution is 0.105. The summed E-state index contributed by atoms with van der Waals surface area (Å²) in [6.45, 7) is 1.15. The Morgan fingerprint density at radius 1 is 1.03 bits per heavy atom. The molecule has 0 amide bonds. The molecular weight excluding hydrogens is 525 g/mol. The van der Waals surface area contributed by atoms with E-state index < -0.39 is 72.6 Å². The third-order valence-electron chi connectivity index (χ3n) is 5.35. The van der Waals surface area contributed by atoms with Crippen molar-refractivity contribution in [3.05, 3.63) is 95.1 Å². The number of halogens is 3. The Labute approximate surface area is 213 Å². The molecule has 4 aromatic rings. The molecule has 0 fully saturated rings. The van der Waals surface area contributed by atoms with Gasteiger partial charge in [0, 0.05) is 17.2 Å². The van der Waals surface area contributed by atoms with Crippen LogP contribution in [0.1, 0.15) is 28.7 Å². The fraction of sp³-hybridized carbons (Fsp3) is 0.0800. The average Bonchev–Trinajstić information content (AvgIpc) is 3.26. The van der Waals surface area contributed by atoms with Crippen LogP contribution in [0.2, 0.25) is 0 Å². The number of para-hydroxylation sites is 2. The first kappa shape index (κ1) is 26.6. The first-order valence-electron chi connectivity index (χ1n) is 10.8. The predicted octanol–water partition coefficient (Wildman–Crippen LogP) is 3.72. The topological polar surface area (TPSA) is 159 Å². The molecule has 0 bridgehead atoms. The van der Waals surface area contributed by atoms with Gasteiger partial charge in [-0.2, -0.15) is 8.42 Å². The number of nitrogens with zero attached hydrogens (tertiary/aromatic N) is 2. The van der Waals surface area contributed by atoms with Crippen LogP contribution in [-0.4, -0.2) is 46.3 Å². The number of ketones is 1. The number of rotatable bonds is 7. The Balaban J connectivity index is 1.93. The van der Waals surface area contributed by atoms with Gasteiger partial charge in [-0.15, -0.1) is 4.40 Å². The molecule has 0 saturated carbocycles. The number of sulfonamides is 1. The maximum absolute atomic E-state index is 14.5. The number of nitrogens with one attached hydrogen (secondary N) is 1. The molecule has 0 spiro atoms. The van der Waals surface area contributed by atoms with Crippen LogP contribution in [0, 0.1) is 17.5 Å². The van der Waals surface area contributed by atoms with Gasteiger partial charge in [0.15, 0.2) is 0 Å². The van der Waals surface area contributed by atoms with Crippen LogP contribution in [-0.2, 0) is 10.0 Å². The molecule has 4 rings (SSSR count). The third-order valence-corrected chi connectivity index (χ3v) is 6.67. The number of benzene rings is 3. The van der Waals surface area contributed by atoms with Crippen molar-refractivity contribution < 1.29 is 36.6 Å². The summed E-state index contributed by atoms with van der Waals surface area (Å²) in [6.07, 6.45) is -1.45. The molecule has 0 aliphatic carbocycles. The highest BCUT2D eigenvalue weighted by Crippen LogP contribution is 2.30. The van der Waals surface area contributed by atoms with Crippen molar-refractivity contribution >= 4 is 44.0 Å². The molecule has 1 heterocycles. The maximum atomic E-state index is 14.5. The molecule has 0 saturated heterocycles. The fourth-order valence-electron chi connectivity index (χ4n) is 3.48. The van der Waals surface area contributed by atoms with Crippen LogP contribution in [0.15, 0.2) is 70.0 Å². The minimum atomic E-state index is -4.81. The number of nitrogens with two attached hydrogens (primary N) is 1. The number of aromatic nitrogens is 2. The zero-order valence-electron chi connectivity index (χ0n) is 19.5. The Kier molecular flexibility index (Phi) is 7.07.